The molecular weight excluding hydrogens is 450 g/mol. The van der Waals surface area contributed by atoms with E-state index in [9.17, 15) is 13.2 Å². The van der Waals surface area contributed by atoms with Crippen molar-refractivity contribution in [1.29, 1.82) is 0 Å². The molecule has 2 aromatic rings. The van der Waals surface area contributed by atoms with E-state index in [1.54, 1.807) is 17.1 Å². The molecule has 3 heterocycles. The predicted molar refractivity (Wildman–Crippen MR) is 124 cm³/mol. The van der Waals surface area contributed by atoms with Gasteiger partial charge in [-0.2, -0.15) is 4.31 Å². The number of carbonyl (C=O) groups excluding carboxylic acids is 1. The number of hydrogen-bond donors (Lipinski definition) is 0. The van der Waals surface area contributed by atoms with Gasteiger partial charge in [-0.25, -0.2) is 13.4 Å². The minimum Gasteiger partial charge on any atom is -0.368 e. The summed E-state index contributed by atoms with van der Waals surface area (Å²) >= 11 is 6.11. The number of amides is 1. The molecule has 8 nitrogen and oxygen atoms in total. The van der Waals surface area contributed by atoms with Gasteiger partial charge in [0.2, 0.25) is 5.91 Å². The van der Waals surface area contributed by atoms with Crippen molar-refractivity contribution >= 4 is 33.2 Å². The molecule has 2 fully saturated rings. The minimum atomic E-state index is -3.71. The third-order valence-electron chi connectivity index (χ3n) is 6.28. The van der Waals surface area contributed by atoms with Gasteiger partial charge in [-0.3, -0.25) is 4.79 Å². The van der Waals surface area contributed by atoms with Gasteiger partial charge in [-0.1, -0.05) is 17.7 Å². The van der Waals surface area contributed by atoms with Gasteiger partial charge in [-0.05, 0) is 44.9 Å². The minimum absolute atomic E-state index is 0.0448. The zero-order valence-corrected chi connectivity index (χ0v) is 20.1. The van der Waals surface area contributed by atoms with Gasteiger partial charge in [0.1, 0.15) is 0 Å². The second-order valence-corrected chi connectivity index (χ2v) is 11.1. The summed E-state index contributed by atoms with van der Waals surface area (Å²) in [6, 6.07) is 7.86. The molecule has 2 aliphatic rings. The Bertz CT molecular complexity index is 1060. The van der Waals surface area contributed by atoms with E-state index in [0.717, 1.165) is 18.8 Å². The fourth-order valence-corrected chi connectivity index (χ4v) is 5.97. The molecular formula is C22H30ClN5O3S. The highest BCUT2D eigenvalue weighted by atomic mass is 35.5. The molecule has 0 spiro atoms. The summed E-state index contributed by atoms with van der Waals surface area (Å²) < 4.78 is 29.4. The summed E-state index contributed by atoms with van der Waals surface area (Å²) in [5, 5.41) is 0.747. The molecule has 0 aliphatic carbocycles. The van der Waals surface area contributed by atoms with Crippen LogP contribution in [0, 0.1) is 5.92 Å². The van der Waals surface area contributed by atoms with Gasteiger partial charge in [-0.15, -0.1) is 0 Å². The highest BCUT2D eigenvalue weighted by Crippen LogP contribution is 2.26. The van der Waals surface area contributed by atoms with Crippen molar-refractivity contribution in [3.8, 4) is 0 Å². The average molecular weight is 480 g/mol. The standard InChI is InChI=1S/C22H30ClN5O3S/c1-17(2)27-15-21(24-16-27)32(30,31)28-8-4-5-18(14-28)22(29)26-11-9-25(10-12-26)20-7-3-6-19(23)13-20/h3,6-7,13,15-18H,4-5,8-12,14H2,1-2H3/t18-/m1/s1. The second-order valence-electron chi connectivity index (χ2n) is 8.75. The Morgan fingerprint density at radius 1 is 1.16 bits per heavy atom. The molecule has 10 heteroatoms. The van der Waals surface area contributed by atoms with Crippen LogP contribution in [0.5, 0.6) is 0 Å². The van der Waals surface area contributed by atoms with Gasteiger partial charge in [0.05, 0.1) is 12.2 Å². The Hall–Kier alpha value is -2.10. The molecule has 0 N–H and O–H groups in total. The van der Waals surface area contributed by atoms with Crippen LogP contribution in [-0.2, 0) is 14.8 Å². The van der Waals surface area contributed by atoms with Crippen LogP contribution in [0.2, 0.25) is 5.02 Å². The number of sulfonamides is 1. The molecule has 1 amide bonds. The van der Waals surface area contributed by atoms with Crippen molar-refractivity contribution < 1.29 is 13.2 Å². The van der Waals surface area contributed by atoms with Crippen LogP contribution < -0.4 is 4.90 Å². The van der Waals surface area contributed by atoms with Crippen LogP contribution >= 0.6 is 11.6 Å². The monoisotopic (exact) mass is 479 g/mol. The maximum atomic E-state index is 13.2. The van der Waals surface area contributed by atoms with Crippen LogP contribution in [0.4, 0.5) is 5.69 Å². The zero-order valence-electron chi connectivity index (χ0n) is 18.5. The van der Waals surface area contributed by atoms with E-state index in [0.29, 0.717) is 37.5 Å². The maximum absolute atomic E-state index is 13.2. The Labute approximate surface area is 194 Å². The first-order valence-corrected chi connectivity index (χ1v) is 12.9. The predicted octanol–water partition coefficient (Wildman–Crippen LogP) is 2.87. The lowest BCUT2D eigenvalue weighted by Crippen LogP contribution is -2.53. The summed E-state index contributed by atoms with van der Waals surface area (Å²) in [7, 11) is -3.71. The summed E-state index contributed by atoms with van der Waals surface area (Å²) in [6.07, 6.45) is 4.49. The number of piperazine rings is 1. The van der Waals surface area contributed by atoms with E-state index >= 15 is 0 Å². The molecule has 0 radical (unpaired) electrons. The normalized spacial score (nSPS) is 20.7. The Kier molecular flexibility index (Phi) is 6.78. The van der Waals surface area contributed by atoms with E-state index < -0.39 is 10.0 Å². The number of halogens is 1. The zero-order chi connectivity index (χ0) is 22.9. The first-order chi connectivity index (χ1) is 15.3. The van der Waals surface area contributed by atoms with Crippen LogP contribution in [0.15, 0.2) is 41.8 Å². The largest absolute Gasteiger partial charge is 0.368 e. The molecule has 32 heavy (non-hydrogen) atoms. The van der Waals surface area contributed by atoms with Crippen LogP contribution in [0.1, 0.15) is 32.7 Å². The lowest BCUT2D eigenvalue weighted by atomic mass is 9.97. The number of hydrogen-bond acceptors (Lipinski definition) is 5. The molecule has 1 atom stereocenters. The Balaban J connectivity index is 1.38. The molecule has 2 aliphatic heterocycles. The molecule has 0 saturated carbocycles. The van der Waals surface area contributed by atoms with E-state index in [4.69, 9.17) is 11.6 Å². The fraction of sp³-hybridized carbons (Fsp3) is 0.545. The molecule has 0 unspecified atom stereocenters. The summed E-state index contributed by atoms with van der Waals surface area (Å²) in [6.45, 7) is 7.27. The lowest BCUT2D eigenvalue weighted by molar-refractivity contribution is -0.137. The number of piperidine rings is 1. The number of rotatable bonds is 5. The second kappa shape index (κ2) is 9.41. The van der Waals surface area contributed by atoms with E-state index in [2.05, 4.69) is 9.88 Å². The molecule has 1 aromatic carbocycles. The van der Waals surface area contributed by atoms with Crippen molar-refractivity contribution in [2.45, 2.75) is 37.8 Å². The third kappa shape index (κ3) is 4.79. The van der Waals surface area contributed by atoms with Gasteiger partial charge >= 0.3 is 0 Å². The van der Waals surface area contributed by atoms with Crippen molar-refractivity contribution in [2.24, 2.45) is 5.92 Å². The van der Waals surface area contributed by atoms with Crippen molar-refractivity contribution in [2.75, 3.05) is 44.2 Å². The Morgan fingerprint density at radius 2 is 1.91 bits per heavy atom. The molecule has 2 saturated heterocycles. The highest BCUT2D eigenvalue weighted by molar-refractivity contribution is 7.89. The number of carbonyl (C=O) groups is 1. The topological polar surface area (TPSA) is 78.8 Å². The van der Waals surface area contributed by atoms with Crippen LogP contribution in [-0.4, -0.2) is 72.3 Å². The van der Waals surface area contributed by atoms with Gasteiger partial charge in [0.15, 0.2) is 5.03 Å². The average Bonchev–Trinajstić information content (AvgIpc) is 3.31. The number of imidazole rings is 1. The van der Waals surface area contributed by atoms with E-state index in [-0.39, 0.29) is 29.4 Å². The number of benzene rings is 1. The fourth-order valence-electron chi connectivity index (χ4n) is 4.34. The quantitative estimate of drug-likeness (QED) is 0.658. The SMILES string of the molecule is CC(C)n1cnc(S(=O)(=O)N2CCC[C@@H](C(=O)N3CCN(c4cccc(Cl)c4)CC3)C2)c1. The van der Waals surface area contributed by atoms with Crippen molar-refractivity contribution in [1.82, 2.24) is 18.8 Å². The Morgan fingerprint density at radius 3 is 2.56 bits per heavy atom. The summed E-state index contributed by atoms with van der Waals surface area (Å²) in [5.41, 5.74) is 1.06. The molecule has 174 valence electrons. The number of nitrogens with zero attached hydrogens (tertiary/aromatic N) is 5. The lowest BCUT2D eigenvalue weighted by Gasteiger charge is -2.39. The maximum Gasteiger partial charge on any atom is 0.262 e. The van der Waals surface area contributed by atoms with Crippen molar-refractivity contribution in [3.05, 3.63) is 41.8 Å². The number of anilines is 1. The van der Waals surface area contributed by atoms with E-state index in [1.807, 2.05) is 43.0 Å². The first kappa shape index (κ1) is 23.1. The molecule has 1 aromatic heterocycles. The van der Waals surface area contributed by atoms with Gasteiger partial charge in [0.25, 0.3) is 10.0 Å². The van der Waals surface area contributed by atoms with Gasteiger partial charge in [0, 0.05) is 62.2 Å². The number of aromatic nitrogens is 2. The van der Waals surface area contributed by atoms with Crippen LogP contribution in [0.25, 0.3) is 0 Å². The molecule has 0 bridgehead atoms. The van der Waals surface area contributed by atoms with Crippen LogP contribution in [0.3, 0.4) is 0 Å². The highest BCUT2D eigenvalue weighted by Gasteiger charge is 2.36. The summed E-state index contributed by atoms with van der Waals surface area (Å²) in [5.74, 6) is -0.271. The first-order valence-electron chi connectivity index (χ1n) is 11.1. The van der Waals surface area contributed by atoms with E-state index in [1.165, 1.54) is 4.31 Å². The summed E-state index contributed by atoms with van der Waals surface area (Å²) in [4.78, 5) is 21.4. The smallest absolute Gasteiger partial charge is 0.262 e. The molecule has 4 rings (SSSR count). The van der Waals surface area contributed by atoms with Gasteiger partial charge < -0.3 is 14.4 Å². The van der Waals surface area contributed by atoms with Crippen molar-refractivity contribution in [3.63, 3.8) is 0 Å². The third-order valence-corrected chi connectivity index (χ3v) is 8.26.